The van der Waals surface area contributed by atoms with Crippen molar-refractivity contribution in [3.63, 3.8) is 0 Å². The molecule has 3 rings (SSSR count). The van der Waals surface area contributed by atoms with Crippen LogP contribution in [0.4, 0.5) is 5.69 Å². The number of pyridine rings is 1. The predicted molar refractivity (Wildman–Crippen MR) is 93.2 cm³/mol. The summed E-state index contributed by atoms with van der Waals surface area (Å²) in [6.45, 7) is 2.07. The number of hydrogen-bond acceptors (Lipinski definition) is 4. The molecule has 0 unspecified atom stereocenters. The Hall–Kier alpha value is -3.41. The van der Waals surface area contributed by atoms with E-state index in [1.165, 1.54) is 6.26 Å². The average Bonchev–Trinajstić information content (AvgIpc) is 3.07. The summed E-state index contributed by atoms with van der Waals surface area (Å²) >= 11 is 0. The smallest absolute Gasteiger partial charge is 0.259 e. The maximum atomic E-state index is 12.5. The van der Waals surface area contributed by atoms with Crippen LogP contribution in [0, 0.1) is 6.92 Å². The molecule has 1 aromatic carbocycles. The van der Waals surface area contributed by atoms with Gasteiger partial charge in [-0.3, -0.25) is 14.6 Å². The first-order valence-electron chi connectivity index (χ1n) is 7.76. The third-order valence-corrected chi connectivity index (χ3v) is 3.70. The van der Waals surface area contributed by atoms with Gasteiger partial charge in [0.05, 0.1) is 23.1 Å². The van der Waals surface area contributed by atoms with E-state index in [1.54, 1.807) is 49.6 Å². The number of carbonyl (C=O) groups excluding carboxylic acids is 2. The quantitative estimate of drug-likeness (QED) is 0.750. The molecule has 2 amide bonds. The van der Waals surface area contributed by atoms with Gasteiger partial charge in [-0.1, -0.05) is 18.2 Å². The van der Waals surface area contributed by atoms with E-state index in [2.05, 4.69) is 15.6 Å². The number of anilines is 1. The Balaban J connectivity index is 1.73. The van der Waals surface area contributed by atoms with E-state index in [0.717, 1.165) is 5.56 Å². The van der Waals surface area contributed by atoms with Gasteiger partial charge in [0.25, 0.3) is 11.8 Å². The van der Waals surface area contributed by atoms with Crippen molar-refractivity contribution in [3.05, 3.63) is 83.6 Å². The first kappa shape index (κ1) is 16.4. The number of aromatic nitrogens is 1. The van der Waals surface area contributed by atoms with E-state index < -0.39 is 0 Å². The van der Waals surface area contributed by atoms with Crippen molar-refractivity contribution in [2.45, 2.75) is 13.5 Å². The lowest BCUT2D eigenvalue weighted by Crippen LogP contribution is -2.25. The number of amides is 2. The molecule has 2 N–H and O–H groups in total. The number of carbonyl (C=O) groups is 2. The Bertz CT molecular complexity index is 888. The van der Waals surface area contributed by atoms with Crippen molar-refractivity contribution in [3.8, 4) is 0 Å². The van der Waals surface area contributed by atoms with Crippen LogP contribution in [-0.2, 0) is 6.54 Å². The highest BCUT2D eigenvalue weighted by atomic mass is 16.3. The lowest BCUT2D eigenvalue weighted by Gasteiger charge is -2.11. The van der Waals surface area contributed by atoms with E-state index in [4.69, 9.17) is 4.42 Å². The van der Waals surface area contributed by atoms with Gasteiger partial charge >= 0.3 is 0 Å². The second kappa shape index (κ2) is 7.44. The number of nitrogens with zero attached hydrogens (tertiary/aromatic N) is 1. The van der Waals surface area contributed by atoms with Gasteiger partial charge in [0.1, 0.15) is 5.76 Å². The van der Waals surface area contributed by atoms with Gasteiger partial charge in [-0.15, -0.1) is 0 Å². The van der Waals surface area contributed by atoms with E-state index in [0.29, 0.717) is 29.1 Å². The van der Waals surface area contributed by atoms with Crippen LogP contribution in [0.15, 0.2) is 65.5 Å². The minimum absolute atomic E-state index is 0.274. The van der Waals surface area contributed by atoms with Gasteiger partial charge in [0.15, 0.2) is 0 Å². The summed E-state index contributed by atoms with van der Waals surface area (Å²) in [4.78, 5) is 28.8. The van der Waals surface area contributed by atoms with Gasteiger partial charge in [-0.05, 0) is 36.8 Å². The van der Waals surface area contributed by atoms with Gasteiger partial charge < -0.3 is 15.1 Å². The van der Waals surface area contributed by atoms with Crippen LogP contribution >= 0.6 is 0 Å². The molecular formula is C19H17N3O3. The molecule has 25 heavy (non-hydrogen) atoms. The van der Waals surface area contributed by atoms with E-state index in [9.17, 15) is 9.59 Å². The topological polar surface area (TPSA) is 84.2 Å². The van der Waals surface area contributed by atoms with Crippen molar-refractivity contribution in [1.82, 2.24) is 10.3 Å². The summed E-state index contributed by atoms with van der Waals surface area (Å²) in [6.07, 6.45) is 4.82. The molecular weight excluding hydrogens is 318 g/mol. The van der Waals surface area contributed by atoms with Crippen LogP contribution in [0.5, 0.6) is 0 Å². The number of furan rings is 1. The predicted octanol–water partition coefficient (Wildman–Crippen LogP) is 3.17. The highest BCUT2D eigenvalue weighted by Crippen LogP contribution is 2.18. The maximum absolute atomic E-state index is 12.5. The largest absolute Gasteiger partial charge is 0.469 e. The van der Waals surface area contributed by atoms with E-state index >= 15 is 0 Å². The second-order valence-corrected chi connectivity index (χ2v) is 5.43. The third kappa shape index (κ3) is 3.92. The zero-order chi connectivity index (χ0) is 17.6. The molecule has 0 aliphatic rings. The van der Waals surface area contributed by atoms with Crippen molar-refractivity contribution in [1.29, 1.82) is 0 Å². The molecule has 3 aromatic rings. The molecule has 0 bridgehead atoms. The second-order valence-electron chi connectivity index (χ2n) is 5.43. The van der Waals surface area contributed by atoms with Crippen LogP contribution in [0.25, 0.3) is 0 Å². The zero-order valence-corrected chi connectivity index (χ0v) is 13.7. The summed E-state index contributed by atoms with van der Waals surface area (Å²) in [7, 11) is 0. The molecule has 0 spiro atoms. The van der Waals surface area contributed by atoms with Crippen LogP contribution in [0.1, 0.15) is 32.0 Å². The molecule has 0 aliphatic heterocycles. The third-order valence-electron chi connectivity index (χ3n) is 3.70. The normalized spacial score (nSPS) is 10.3. The summed E-state index contributed by atoms with van der Waals surface area (Å²) < 4.78 is 5.14. The number of para-hydroxylation sites is 1. The highest BCUT2D eigenvalue weighted by Gasteiger charge is 2.16. The van der Waals surface area contributed by atoms with Gasteiger partial charge in [-0.25, -0.2) is 0 Å². The molecule has 0 fully saturated rings. The Morgan fingerprint density at radius 3 is 2.60 bits per heavy atom. The fraction of sp³-hybridized carbons (Fsp3) is 0.105. The molecule has 126 valence electrons. The number of benzene rings is 1. The Morgan fingerprint density at radius 1 is 1.04 bits per heavy atom. The standard InChI is InChI=1S/C19H17N3O3/c1-13-15(8-10-25-13)19(24)22-17-7-3-2-6-16(17)18(23)21-12-14-5-4-9-20-11-14/h2-11H,12H2,1H3,(H,21,23)(H,22,24). The number of hydrogen-bond donors (Lipinski definition) is 2. The number of nitrogens with one attached hydrogen (secondary N) is 2. The molecule has 2 aromatic heterocycles. The monoisotopic (exact) mass is 335 g/mol. The molecule has 0 aliphatic carbocycles. The Kier molecular flexibility index (Phi) is 4.89. The van der Waals surface area contributed by atoms with Crippen molar-refractivity contribution >= 4 is 17.5 Å². The van der Waals surface area contributed by atoms with Crippen LogP contribution in [0.2, 0.25) is 0 Å². The minimum Gasteiger partial charge on any atom is -0.469 e. The lowest BCUT2D eigenvalue weighted by atomic mass is 10.1. The average molecular weight is 335 g/mol. The molecule has 6 nitrogen and oxygen atoms in total. The fourth-order valence-corrected chi connectivity index (χ4v) is 2.38. The highest BCUT2D eigenvalue weighted by molar-refractivity contribution is 6.09. The summed E-state index contributed by atoms with van der Waals surface area (Å²) in [6, 6.07) is 12.1. The van der Waals surface area contributed by atoms with E-state index in [-0.39, 0.29) is 11.8 Å². The molecule has 6 heteroatoms. The lowest BCUT2D eigenvalue weighted by molar-refractivity contribution is 0.0951. The zero-order valence-electron chi connectivity index (χ0n) is 13.7. The Labute approximate surface area is 144 Å². The fourth-order valence-electron chi connectivity index (χ4n) is 2.38. The maximum Gasteiger partial charge on any atom is 0.259 e. The first-order chi connectivity index (χ1) is 12.1. The Morgan fingerprint density at radius 2 is 1.88 bits per heavy atom. The van der Waals surface area contributed by atoms with Gasteiger partial charge in [-0.2, -0.15) is 0 Å². The molecule has 0 saturated carbocycles. The first-order valence-corrected chi connectivity index (χ1v) is 7.76. The number of aryl methyl sites for hydroxylation is 1. The molecule has 0 radical (unpaired) electrons. The van der Waals surface area contributed by atoms with Crippen molar-refractivity contribution in [2.75, 3.05) is 5.32 Å². The number of rotatable bonds is 5. The van der Waals surface area contributed by atoms with Crippen LogP contribution in [0.3, 0.4) is 0 Å². The van der Waals surface area contributed by atoms with Crippen molar-refractivity contribution < 1.29 is 14.0 Å². The van der Waals surface area contributed by atoms with Gasteiger partial charge in [0.2, 0.25) is 0 Å². The van der Waals surface area contributed by atoms with E-state index in [1.807, 2.05) is 12.1 Å². The molecule has 0 atom stereocenters. The summed E-state index contributed by atoms with van der Waals surface area (Å²) in [5.41, 5.74) is 2.16. The van der Waals surface area contributed by atoms with Crippen LogP contribution < -0.4 is 10.6 Å². The van der Waals surface area contributed by atoms with Crippen LogP contribution in [-0.4, -0.2) is 16.8 Å². The summed E-state index contributed by atoms with van der Waals surface area (Å²) in [5, 5.41) is 5.59. The SMILES string of the molecule is Cc1occc1C(=O)Nc1ccccc1C(=O)NCc1cccnc1. The minimum atomic E-state index is -0.321. The van der Waals surface area contributed by atoms with Gasteiger partial charge in [0, 0.05) is 18.9 Å². The summed E-state index contributed by atoms with van der Waals surface area (Å²) in [5.74, 6) is -0.0709. The molecule has 0 saturated heterocycles. The van der Waals surface area contributed by atoms with Crippen molar-refractivity contribution in [2.24, 2.45) is 0 Å². The molecule has 2 heterocycles.